The number of hydrogen-bond donors (Lipinski definition) is 0. The molecule has 0 saturated heterocycles. The number of unbranched alkanes of at least 4 members (excludes halogenated alkanes) is 3. The first-order valence-electron chi connectivity index (χ1n) is 11.3. The van der Waals surface area contributed by atoms with Crippen molar-refractivity contribution in [3.05, 3.63) is 94.6 Å². The average molecular weight is 417 g/mol. The molecule has 0 heterocycles. The van der Waals surface area contributed by atoms with E-state index in [1.165, 1.54) is 24.0 Å². The van der Waals surface area contributed by atoms with Crippen LogP contribution in [0.2, 0.25) is 0 Å². The van der Waals surface area contributed by atoms with Crippen LogP contribution in [-0.2, 0) is 12.8 Å². The Morgan fingerprint density at radius 3 is 1.87 bits per heavy atom. The highest BCUT2D eigenvalue weighted by molar-refractivity contribution is 5.66. The van der Waals surface area contributed by atoms with Gasteiger partial charge in [-0.2, -0.15) is 0 Å². The standard InChI is InChI=1S/C29H30F2/c1-3-5-7-9-23-14-17-25(18-15-23)27-21-20-26(28(30)29(27)31)19-16-24-12-10-22(11-13-24)8-6-4-2/h10-15,17-18,20-21H,3-9H2,1-2H3. The minimum atomic E-state index is -0.892. The Bertz CT molecular complexity index is 1040. The SMILES string of the molecule is CCCCCc1ccc(-c2ccc(C#Cc3ccc(CCCC)cc3)c(F)c2F)cc1. The van der Waals surface area contributed by atoms with Crippen LogP contribution < -0.4 is 0 Å². The summed E-state index contributed by atoms with van der Waals surface area (Å²) in [6.45, 7) is 4.35. The second kappa shape index (κ2) is 11.5. The maximum Gasteiger partial charge on any atom is 0.175 e. The van der Waals surface area contributed by atoms with Gasteiger partial charge in [0.25, 0.3) is 0 Å². The summed E-state index contributed by atoms with van der Waals surface area (Å²) >= 11 is 0. The Labute approximate surface area is 185 Å². The van der Waals surface area contributed by atoms with Gasteiger partial charge >= 0.3 is 0 Å². The van der Waals surface area contributed by atoms with Gasteiger partial charge in [0, 0.05) is 11.1 Å². The minimum Gasteiger partial charge on any atom is -0.203 e. The van der Waals surface area contributed by atoms with E-state index in [0.29, 0.717) is 5.56 Å². The normalized spacial score (nSPS) is 10.6. The van der Waals surface area contributed by atoms with E-state index in [0.717, 1.165) is 37.7 Å². The molecule has 2 heteroatoms. The number of aryl methyl sites for hydroxylation is 2. The van der Waals surface area contributed by atoms with Crippen LogP contribution in [0.1, 0.15) is 68.2 Å². The van der Waals surface area contributed by atoms with E-state index in [1.54, 1.807) is 12.1 Å². The van der Waals surface area contributed by atoms with Crippen molar-refractivity contribution in [2.45, 2.75) is 58.8 Å². The van der Waals surface area contributed by atoms with Gasteiger partial charge in [0.15, 0.2) is 11.6 Å². The van der Waals surface area contributed by atoms with E-state index in [4.69, 9.17) is 0 Å². The van der Waals surface area contributed by atoms with Gasteiger partial charge in [0.2, 0.25) is 0 Å². The van der Waals surface area contributed by atoms with Gasteiger partial charge in [-0.25, -0.2) is 8.78 Å². The fourth-order valence-electron chi connectivity index (χ4n) is 3.57. The zero-order valence-electron chi connectivity index (χ0n) is 18.5. The molecule has 0 aromatic heterocycles. The van der Waals surface area contributed by atoms with E-state index in [2.05, 4.69) is 25.7 Å². The van der Waals surface area contributed by atoms with Crippen LogP contribution in [-0.4, -0.2) is 0 Å². The average Bonchev–Trinajstić information content (AvgIpc) is 2.80. The molecular weight excluding hydrogens is 386 g/mol. The first kappa shape index (κ1) is 22.8. The summed E-state index contributed by atoms with van der Waals surface area (Å²) in [6.07, 6.45) is 7.90. The molecule has 3 aromatic rings. The van der Waals surface area contributed by atoms with E-state index in [9.17, 15) is 8.78 Å². The van der Waals surface area contributed by atoms with E-state index >= 15 is 0 Å². The smallest absolute Gasteiger partial charge is 0.175 e. The zero-order chi connectivity index (χ0) is 22.1. The molecular formula is C29H30F2. The van der Waals surface area contributed by atoms with Crippen LogP contribution in [0.25, 0.3) is 11.1 Å². The third-order valence-electron chi connectivity index (χ3n) is 5.53. The van der Waals surface area contributed by atoms with Crippen molar-refractivity contribution >= 4 is 0 Å². The van der Waals surface area contributed by atoms with Crippen molar-refractivity contribution in [2.24, 2.45) is 0 Å². The predicted molar refractivity (Wildman–Crippen MR) is 126 cm³/mol. The van der Waals surface area contributed by atoms with Gasteiger partial charge in [0.1, 0.15) is 0 Å². The van der Waals surface area contributed by atoms with E-state index in [-0.39, 0.29) is 11.1 Å². The highest BCUT2D eigenvalue weighted by atomic mass is 19.2. The molecule has 0 aliphatic heterocycles. The molecule has 0 aliphatic carbocycles. The number of rotatable bonds is 8. The summed E-state index contributed by atoms with van der Waals surface area (Å²) in [6, 6.07) is 18.9. The largest absolute Gasteiger partial charge is 0.203 e. The quantitative estimate of drug-likeness (QED) is 0.257. The topological polar surface area (TPSA) is 0 Å². The second-order valence-corrected chi connectivity index (χ2v) is 7.99. The van der Waals surface area contributed by atoms with E-state index in [1.807, 2.05) is 48.5 Å². The molecule has 0 aliphatic rings. The summed E-state index contributed by atoms with van der Waals surface area (Å²) < 4.78 is 29.4. The van der Waals surface area contributed by atoms with Gasteiger partial charge in [-0.3, -0.25) is 0 Å². The van der Waals surface area contributed by atoms with Crippen LogP contribution >= 0.6 is 0 Å². The number of halogens is 2. The lowest BCUT2D eigenvalue weighted by Gasteiger charge is -2.07. The van der Waals surface area contributed by atoms with Crippen molar-refractivity contribution in [1.29, 1.82) is 0 Å². The van der Waals surface area contributed by atoms with Crippen molar-refractivity contribution in [3.63, 3.8) is 0 Å². The lowest BCUT2D eigenvalue weighted by molar-refractivity contribution is 0.509. The molecule has 0 spiro atoms. The van der Waals surface area contributed by atoms with Crippen LogP contribution in [0.5, 0.6) is 0 Å². The third-order valence-corrected chi connectivity index (χ3v) is 5.53. The summed E-state index contributed by atoms with van der Waals surface area (Å²) in [7, 11) is 0. The highest BCUT2D eigenvalue weighted by Crippen LogP contribution is 2.27. The maximum atomic E-state index is 14.8. The maximum absolute atomic E-state index is 14.8. The van der Waals surface area contributed by atoms with Gasteiger partial charge in [-0.15, -0.1) is 0 Å². The number of hydrogen-bond acceptors (Lipinski definition) is 0. The summed E-state index contributed by atoms with van der Waals surface area (Å²) in [5.41, 5.74) is 4.31. The van der Waals surface area contributed by atoms with Crippen molar-refractivity contribution in [2.75, 3.05) is 0 Å². The molecule has 31 heavy (non-hydrogen) atoms. The van der Waals surface area contributed by atoms with Gasteiger partial charge in [0.05, 0.1) is 5.56 Å². The molecule has 0 unspecified atom stereocenters. The fraction of sp³-hybridized carbons (Fsp3) is 0.310. The molecule has 3 rings (SSSR count). The monoisotopic (exact) mass is 416 g/mol. The van der Waals surface area contributed by atoms with Crippen molar-refractivity contribution in [3.8, 4) is 23.0 Å². The second-order valence-electron chi connectivity index (χ2n) is 7.99. The predicted octanol–water partition coefficient (Wildman–Crippen LogP) is 8.11. The Morgan fingerprint density at radius 2 is 1.23 bits per heavy atom. The minimum absolute atomic E-state index is 0.0764. The molecule has 0 fully saturated rings. The lowest BCUT2D eigenvalue weighted by Crippen LogP contribution is -1.94. The third kappa shape index (κ3) is 6.28. The molecule has 0 N–H and O–H groups in total. The molecule has 0 atom stereocenters. The summed E-state index contributed by atoms with van der Waals surface area (Å²) in [5.74, 6) is 3.99. The van der Waals surface area contributed by atoms with Gasteiger partial charge < -0.3 is 0 Å². The fourth-order valence-corrected chi connectivity index (χ4v) is 3.57. The molecule has 0 radical (unpaired) electrons. The molecule has 160 valence electrons. The Balaban J connectivity index is 1.74. The van der Waals surface area contributed by atoms with Gasteiger partial charge in [-0.1, -0.05) is 81.3 Å². The highest BCUT2D eigenvalue weighted by Gasteiger charge is 2.13. The zero-order valence-corrected chi connectivity index (χ0v) is 18.5. The Morgan fingerprint density at radius 1 is 0.613 bits per heavy atom. The Kier molecular flexibility index (Phi) is 8.42. The molecule has 0 amide bonds. The van der Waals surface area contributed by atoms with Gasteiger partial charge in [-0.05, 0) is 66.6 Å². The first-order valence-corrected chi connectivity index (χ1v) is 11.3. The van der Waals surface area contributed by atoms with Crippen molar-refractivity contribution in [1.82, 2.24) is 0 Å². The summed E-state index contributed by atoms with van der Waals surface area (Å²) in [5, 5.41) is 0. The van der Waals surface area contributed by atoms with Crippen LogP contribution in [0.15, 0.2) is 60.7 Å². The van der Waals surface area contributed by atoms with E-state index < -0.39 is 11.6 Å². The Hall–Kier alpha value is -2.92. The molecule has 0 saturated carbocycles. The van der Waals surface area contributed by atoms with Crippen LogP contribution in [0.4, 0.5) is 8.78 Å². The lowest BCUT2D eigenvalue weighted by atomic mass is 9.99. The van der Waals surface area contributed by atoms with Crippen LogP contribution in [0, 0.1) is 23.5 Å². The molecule has 0 nitrogen and oxygen atoms in total. The van der Waals surface area contributed by atoms with Crippen LogP contribution in [0.3, 0.4) is 0 Å². The van der Waals surface area contributed by atoms with Crippen molar-refractivity contribution < 1.29 is 8.78 Å². The summed E-state index contributed by atoms with van der Waals surface area (Å²) in [4.78, 5) is 0. The number of benzene rings is 3. The molecule has 0 bridgehead atoms. The molecule has 3 aromatic carbocycles. The first-order chi connectivity index (χ1) is 15.1.